The minimum atomic E-state index is 1.13. The van der Waals surface area contributed by atoms with Crippen LogP contribution in [0.3, 0.4) is 0 Å². The Balaban J connectivity index is 2.11. The first-order chi connectivity index (χ1) is 11.8. The normalized spacial score (nSPS) is 12.1. The molecular formula is C22H19NS. The highest BCUT2D eigenvalue weighted by Gasteiger charge is 2.17. The van der Waals surface area contributed by atoms with Crippen LogP contribution >= 0.6 is 11.3 Å². The van der Waals surface area contributed by atoms with Crippen molar-refractivity contribution in [2.24, 2.45) is 7.05 Å². The van der Waals surface area contributed by atoms with E-state index in [0.717, 1.165) is 6.42 Å². The summed E-state index contributed by atoms with van der Waals surface area (Å²) in [4.78, 5) is 0. The van der Waals surface area contributed by atoms with Crippen molar-refractivity contribution >= 4 is 53.3 Å². The molecule has 0 amide bonds. The summed E-state index contributed by atoms with van der Waals surface area (Å²) in [5, 5.41) is 5.64. The molecule has 0 saturated carbocycles. The van der Waals surface area contributed by atoms with Crippen LogP contribution in [0, 0.1) is 0 Å². The highest BCUT2D eigenvalue weighted by atomic mass is 32.1. The van der Waals surface area contributed by atoms with Gasteiger partial charge in [0.05, 0.1) is 10.2 Å². The minimum absolute atomic E-state index is 1.13. The van der Waals surface area contributed by atoms with Crippen molar-refractivity contribution in [2.75, 3.05) is 0 Å². The molecule has 5 rings (SSSR count). The molecule has 0 aliphatic rings. The first kappa shape index (κ1) is 14.1. The highest BCUT2D eigenvalue weighted by Crippen LogP contribution is 2.43. The summed E-state index contributed by atoms with van der Waals surface area (Å²) in [6, 6.07) is 20.1. The highest BCUT2D eigenvalue weighted by molar-refractivity contribution is 7.26. The maximum absolute atomic E-state index is 2.45. The van der Waals surface area contributed by atoms with Crippen molar-refractivity contribution in [3.8, 4) is 0 Å². The largest absolute Gasteiger partial charge is 0.342 e. The molecule has 0 unspecified atom stereocenters. The van der Waals surface area contributed by atoms with Gasteiger partial charge < -0.3 is 4.57 Å². The molecular weight excluding hydrogens is 310 g/mol. The number of benzene rings is 3. The zero-order valence-electron chi connectivity index (χ0n) is 14.0. The summed E-state index contributed by atoms with van der Waals surface area (Å²) in [7, 11) is 2.21. The van der Waals surface area contributed by atoms with Gasteiger partial charge in [-0.3, -0.25) is 0 Å². The lowest BCUT2D eigenvalue weighted by atomic mass is 9.99. The van der Waals surface area contributed by atoms with Crippen LogP contribution < -0.4 is 0 Å². The number of aryl methyl sites for hydroxylation is 2. The van der Waals surface area contributed by atoms with E-state index >= 15 is 0 Å². The number of nitrogens with zero attached hydrogens (tertiary/aromatic N) is 1. The van der Waals surface area contributed by atoms with Crippen LogP contribution in [0.2, 0.25) is 0 Å². The molecule has 5 aromatic rings. The average molecular weight is 329 g/mol. The topological polar surface area (TPSA) is 4.93 Å². The molecule has 0 bridgehead atoms. The van der Waals surface area contributed by atoms with E-state index in [1.807, 2.05) is 11.3 Å². The molecule has 24 heavy (non-hydrogen) atoms. The zero-order chi connectivity index (χ0) is 16.3. The molecule has 1 nitrogen and oxygen atoms in total. The van der Waals surface area contributed by atoms with Crippen molar-refractivity contribution < 1.29 is 0 Å². The van der Waals surface area contributed by atoms with Crippen LogP contribution in [0.4, 0.5) is 0 Å². The van der Waals surface area contributed by atoms with Gasteiger partial charge in [-0.15, -0.1) is 11.3 Å². The third-order valence-corrected chi connectivity index (χ3v) is 6.31. The third-order valence-electron chi connectivity index (χ3n) is 5.11. The van der Waals surface area contributed by atoms with Crippen LogP contribution in [-0.4, -0.2) is 4.57 Å². The van der Waals surface area contributed by atoms with Gasteiger partial charge in [0.15, 0.2) is 0 Å². The zero-order valence-corrected chi connectivity index (χ0v) is 14.8. The van der Waals surface area contributed by atoms with Crippen molar-refractivity contribution in [1.29, 1.82) is 0 Å². The van der Waals surface area contributed by atoms with Crippen molar-refractivity contribution in [3.63, 3.8) is 0 Å². The molecule has 3 aromatic carbocycles. The van der Waals surface area contributed by atoms with E-state index in [-0.39, 0.29) is 0 Å². The summed E-state index contributed by atoms with van der Waals surface area (Å²) in [5.41, 5.74) is 4.22. The Morgan fingerprint density at radius 2 is 1.67 bits per heavy atom. The van der Waals surface area contributed by atoms with Crippen LogP contribution in [0.1, 0.15) is 18.9 Å². The Kier molecular flexibility index (Phi) is 2.98. The monoisotopic (exact) mass is 329 g/mol. The predicted molar refractivity (Wildman–Crippen MR) is 107 cm³/mol. The Morgan fingerprint density at radius 3 is 2.50 bits per heavy atom. The summed E-state index contributed by atoms with van der Waals surface area (Å²) in [6.07, 6.45) is 2.30. The molecule has 2 aromatic heterocycles. The quantitative estimate of drug-likeness (QED) is 0.341. The van der Waals surface area contributed by atoms with E-state index in [4.69, 9.17) is 0 Å². The number of hydrogen-bond acceptors (Lipinski definition) is 1. The van der Waals surface area contributed by atoms with Gasteiger partial charge in [0.25, 0.3) is 0 Å². The summed E-state index contributed by atoms with van der Waals surface area (Å²) in [5.74, 6) is 0. The molecule has 2 heterocycles. The fourth-order valence-electron chi connectivity index (χ4n) is 4.08. The summed E-state index contributed by atoms with van der Waals surface area (Å²) >= 11 is 1.93. The summed E-state index contributed by atoms with van der Waals surface area (Å²) in [6.45, 7) is 2.27. The van der Waals surface area contributed by atoms with Crippen LogP contribution in [0.25, 0.3) is 42.0 Å². The number of rotatable bonds is 2. The lowest BCUT2D eigenvalue weighted by molar-refractivity contribution is 0.931. The fraction of sp³-hybridized carbons (Fsp3) is 0.182. The fourth-order valence-corrected chi connectivity index (χ4v) is 5.35. The van der Waals surface area contributed by atoms with E-state index in [9.17, 15) is 0 Å². The maximum Gasteiger partial charge on any atom is 0.0673 e. The smallest absolute Gasteiger partial charge is 0.0673 e. The molecule has 0 N–H and O–H groups in total. The van der Waals surface area contributed by atoms with Gasteiger partial charge in [-0.05, 0) is 30.2 Å². The number of thiophene rings is 1. The Morgan fingerprint density at radius 1 is 0.917 bits per heavy atom. The summed E-state index contributed by atoms with van der Waals surface area (Å²) < 4.78 is 5.19. The number of para-hydroxylation sites is 1. The number of fused-ring (bicyclic) bond motifs is 7. The van der Waals surface area contributed by atoms with Gasteiger partial charge >= 0.3 is 0 Å². The van der Waals surface area contributed by atoms with Gasteiger partial charge in [0.2, 0.25) is 0 Å². The molecule has 0 radical (unpaired) electrons. The van der Waals surface area contributed by atoms with E-state index in [2.05, 4.69) is 73.1 Å². The van der Waals surface area contributed by atoms with Crippen molar-refractivity contribution in [1.82, 2.24) is 4.57 Å². The van der Waals surface area contributed by atoms with E-state index in [1.165, 1.54) is 54.0 Å². The van der Waals surface area contributed by atoms with Gasteiger partial charge in [-0.25, -0.2) is 0 Å². The average Bonchev–Trinajstić information content (AvgIpc) is 3.12. The first-order valence-electron chi connectivity index (χ1n) is 8.60. The lowest BCUT2D eigenvalue weighted by Crippen LogP contribution is -1.89. The van der Waals surface area contributed by atoms with E-state index < -0.39 is 0 Å². The van der Waals surface area contributed by atoms with Gasteiger partial charge in [0.1, 0.15) is 0 Å². The van der Waals surface area contributed by atoms with Gasteiger partial charge in [0, 0.05) is 38.8 Å². The SMILES string of the molecule is CCCc1cc2c3ccccc3sc2c2c1c1ccccc1n2C. The second kappa shape index (κ2) is 5.09. The molecule has 0 aliphatic carbocycles. The number of hydrogen-bond donors (Lipinski definition) is 0. The van der Waals surface area contributed by atoms with E-state index in [0.29, 0.717) is 0 Å². The second-order valence-corrected chi connectivity index (χ2v) is 7.61. The van der Waals surface area contributed by atoms with Crippen molar-refractivity contribution in [2.45, 2.75) is 19.8 Å². The van der Waals surface area contributed by atoms with Gasteiger partial charge in [-0.2, -0.15) is 0 Å². The second-order valence-electron chi connectivity index (χ2n) is 6.56. The molecule has 0 fully saturated rings. The van der Waals surface area contributed by atoms with Crippen LogP contribution in [0.15, 0.2) is 54.6 Å². The van der Waals surface area contributed by atoms with Gasteiger partial charge in [-0.1, -0.05) is 49.7 Å². The molecule has 2 heteroatoms. The van der Waals surface area contributed by atoms with Crippen molar-refractivity contribution in [3.05, 3.63) is 60.2 Å². The Labute approximate surface area is 145 Å². The molecule has 0 saturated heterocycles. The lowest BCUT2D eigenvalue weighted by Gasteiger charge is -2.06. The van der Waals surface area contributed by atoms with Crippen LogP contribution in [-0.2, 0) is 13.5 Å². The molecule has 0 spiro atoms. The maximum atomic E-state index is 2.45. The van der Waals surface area contributed by atoms with E-state index in [1.54, 1.807) is 0 Å². The minimum Gasteiger partial charge on any atom is -0.342 e. The first-order valence-corrected chi connectivity index (χ1v) is 9.41. The molecule has 118 valence electrons. The molecule has 0 aliphatic heterocycles. The third kappa shape index (κ3) is 1.75. The Hall–Kier alpha value is -2.32. The standard InChI is InChI=1S/C22H19NS/c1-3-8-14-13-17-15-9-5-7-12-19(15)24-22(17)21-20(14)16-10-4-6-11-18(16)23(21)2/h4-7,9-13H,3,8H2,1-2H3. The van der Waals surface area contributed by atoms with Crippen LogP contribution in [0.5, 0.6) is 0 Å². The Bertz CT molecular complexity index is 1220. The predicted octanol–water partition coefficient (Wildman–Crippen LogP) is 6.65. The molecule has 0 atom stereocenters. The number of aromatic nitrogens is 1.